The van der Waals surface area contributed by atoms with Gasteiger partial charge in [-0.3, -0.25) is 4.79 Å². The topological polar surface area (TPSA) is 98.0 Å². The van der Waals surface area contributed by atoms with Crippen molar-refractivity contribution in [1.82, 2.24) is 5.32 Å². The highest BCUT2D eigenvalue weighted by atomic mass is 16.5. The van der Waals surface area contributed by atoms with Gasteiger partial charge in [0, 0.05) is 19.0 Å². The fourth-order valence-electron chi connectivity index (χ4n) is 2.16. The lowest BCUT2D eigenvalue weighted by Gasteiger charge is -2.22. The van der Waals surface area contributed by atoms with Crippen molar-refractivity contribution in [2.24, 2.45) is 0 Å². The van der Waals surface area contributed by atoms with E-state index in [-0.39, 0.29) is 24.3 Å². The van der Waals surface area contributed by atoms with E-state index in [1.54, 1.807) is 18.2 Å². The lowest BCUT2D eigenvalue weighted by Crippen LogP contribution is -2.44. The van der Waals surface area contributed by atoms with E-state index < -0.39 is 17.1 Å². The minimum atomic E-state index is -1.23. The van der Waals surface area contributed by atoms with Crippen LogP contribution in [0.15, 0.2) is 33.5 Å². The first-order chi connectivity index (χ1) is 10.9. The number of fused-ring (bicyclic) bond motifs is 1. The summed E-state index contributed by atoms with van der Waals surface area (Å²) in [6.45, 7) is 1.51. The van der Waals surface area contributed by atoms with Crippen LogP contribution < -0.4 is 15.7 Å². The Balaban J connectivity index is 2.28. The monoisotopic (exact) mass is 321 g/mol. The van der Waals surface area contributed by atoms with Crippen LogP contribution in [0.25, 0.3) is 11.0 Å². The Hall–Kier alpha value is -2.38. The van der Waals surface area contributed by atoms with Gasteiger partial charge in [-0.05, 0) is 19.1 Å². The smallest absolute Gasteiger partial charge is 0.349 e. The summed E-state index contributed by atoms with van der Waals surface area (Å²) in [5, 5.41) is 13.0. The predicted molar refractivity (Wildman–Crippen MR) is 83.9 cm³/mol. The summed E-state index contributed by atoms with van der Waals surface area (Å²) < 4.78 is 15.2. The highest BCUT2D eigenvalue weighted by Crippen LogP contribution is 2.24. The van der Waals surface area contributed by atoms with Gasteiger partial charge in [-0.1, -0.05) is 12.1 Å². The summed E-state index contributed by atoms with van der Waals surface area (Å²) in [7, 11) is 2.91. The number of ether oxygens (including phenoxy) is 2. The van der Waals surface area contributed by atoms with Crippen LogP contribution in [-0.2, 0) is 4.74 Å². The Morgan fingerprint density at radius 3 is 2.78 bits per heavy atom. The van der Waals surface area contributed by atoms with E-state index in [0.29, 0.717) is 11.1 Å². The third-order valence-corrected chi connectivity index (χ3v) is 3.27. The molecule has 0 saturated carbocycles. The minimum Gasteiger partial charge on any atom is -0.493 e. The van der Waals surface area contributed by atoms with Gasteiger partial charge in [0.2, 0.25) is 0 Å². The summed E-state index contributed by atoms with van der Waals surface area (Å²) in [5.41, 5.74) is -1.86. The molecule has 124 valence electrons. The van der Waals surface area contributed by atoms with Crippen LogP contribution in [0.5, 0.6) is 5.75 Å². The SMILES string of the molecule is COCC(C)(O)CNC(=O)c1cc2cccc(OC)c2oc1=O. The largest absolute Gasteiger partial charge is 0.493 e. The molecule has 0 aliphatic rings. The van der Waals surface area contributed by atoms with Crippen molar-refractivity contribution in [1.29, 1.82) is 0 Å². The number of para-hydroxylation sites is 1. The maximum Gasteiger partial charge on any atom is 0.349 e. The van der Waals surface area contributed by atoms with Crippen LogP contribution in [0, 0.1) is 0 Å². The highest BCUT2D eigenvalue weighted by Gasteiger charge is 2.23. The number of carbonyl (C=O) groups is 1. The number of hydrogen-bond donors (Lipinski definition) is 2. The lowest BCUT2D eigenvalue weighted by molar-refractivity contribution is -0.0147. The van der Waals surface area contributed by atoms with E-state index in [2.05, 4.69) is 5.32 Å². The zero-order chi connectivity index (χ0) is 17.0. The molecule has 0 saturated heterocycles. The number of carbonyl (C=O) groups excluding carboxylic acids is 1. The Kier molecular flexibility index (Phi) is 5.02. The van der Waals surface area contributed by atoms with Crippen LogP contribution in [0.3, 0.4) is 0 Å². The minimum absolute atomic E-state index is 0.0524. The highest BCUT2D eigenvalue weighted by molar-refractivity contribution is 5.97. The number of nitrogens with one attached hydrogen (secondary N) is 1. The molecule has 7 nitrogen and oxygen atoms in total. The number of rotatable bonds is 6. The Morgan fingerprint density at radius 2 is 2.13 bits per heavy atom. The molecule has 1 amide bonds. The van der Waals surface area contributed by atoms with Crippen LogP contribution >= 0.6 is 0 Å². The van der Waals surface area contributed by atoms with E-state index in [9.17, 15) is 14.7 Å². The van der Waals surface area contributed by atoms with E-state index >= 15 is 0 Å². The molecule has 1 heterocycles. The second-order valence-electron chi connectivity index (χ2n) is 5.44. The van der Waals surface area contributed by atoms with Crippen LogP contribution in [0.1, 0.15) is 17.3 Å². The summed E-state index contributed by atoms with van der Waals surface area (Å²) >= 11 is 0. The molecule has 23 heavy (non-hydrogen) atoms. The van der Waals surface area contributed by atoms with Gasteiger partial charge in [0.05, 0.1) is 13.7 Å². The number of hydrogen-bond acceptors (Lipinski definition) is 6. The number of methoxy groups -OCH3 is 2. The molecular weight excluding hydrogens is 302 g/mol. The Morgan fingerprint density at radius 1 is 1.39 bits per heavy atom. The number of amides is 1. The van der Waals surface area contributed by atoms with Crippen LogP contribution in [-0.4, -0.2) is 44.0 Å². The molecule has 1 aromatic heterocycles. The fraction of sp³-hybridized carbons (Fsp3) is 0.375. The molecule has 2 aromatic rings. The molecule has 0 spiro atoms. The standard InChI is InChI=1S/C16H19NO6/c1-16(20,9-21-2)8-17-14(18)11-7-10-5-4-6-12(22-3)13(10)23-15(11)19/h4-7,20H,8-9H2,1-3H3,(H,17,18). The van der Waals surface area contributed by atoms with Gasteiger partial charge < -0.3 is 24.3 Å². The first-order valence-corrected chi connectivity index (χ1v) is 6.98. The molecule has 2 N–H and O–H groups in total. The zero-order valence-corrected chi connectivity index (χ0v) is 13.2. The fourth-order valence-corrected chi connectivity index (χ4v) is 2.16. The van der Waals surface area contributed by atoms with Gasteiger partial charge in [-0.2, -0.15) is 0 Å². The van der Waals surface area contributed by atoms with Gasteiger partial charge in [-0.25, -0.2) is 4.79 Å². The van der Waals surface area contributed by atoms with E-state index in [0.717, 1.165) is 0 Å². The van der Waals surface area contributed by atoms with Crippen molar-refractivity contribution in [3.63, 3.8) is 0 Å². The maximum absolute atomic E-state index is 12.2. The van der Waals surface area contributed by atoms with E-state index in [1.165, 1.54) is 27.2 Å². The molecule has 0 bridgehead atoms. The third-order valence-electron chi connectivity index (χ3n) is 3.27. The Labute approximate surface area is 132 Å². The van der Waals surface area contributed by atoms with Crippen molar-refractivity contribution >= 4 is 16.9 Å². The molecule has 0 aliphatic heterocycles. The first-order valence-electron chi connectivity index (χ1n) is 6.98. The summed E-state index contributed by atoms with van der Waals surface area (Å²) in [5.74, 6) is -0.213. The maximum atomic E-state index is 12.2. The van der Waals surface area contributed by atoms with Gasteiger partial charge in [0.25, 0.3) is 5.91 Å². The molecular formula is C16H19NO6. The zero-order valence-electron chi connectivity index (χ0n) is 13.2. The summed E-state index contributed by atoms with van der Waals surface area (Å²) in [6.07, 6.45) is 0. The van der Waals surface area contributed by atoms with Gasteiger partial charge in [0.1, 0.15) is 11.2 Å². The summed E-state index contributed by atoms with van der Waals surface area (Å²) in [4.78, 5) is 24.2. The predicted octanol–water partition coefficient (Wildman–Crippen LogP) is 0.929. The first kappa shape index (κ1) is 17.0. The molecule has 0 aliphatic carbocycles. The average Bonchev–Trinajstić information content (AvgIpc) is 2.51. The van der Waals surface area contributed by atoms with Crippen molar-refractivity contribution in [3.05, 3.63) is 40.2 Å². The van der Waals surface area contributed by atoms with Crippen molar-refractivity contribution in [3.8, 4) is 5.75 Å². The van der Waals surface area contributed by atoms with Crippen molar-refractivity contribution < 1.29 is 23.8 Å². The van der Waals surface area contributed by atoms with Crippen molar-refractivity contribution in [2.45, 2.75) is 12.5 Å². The molecule has 0 fully saturated rings. The second kappa shape index (κ2) is 6.80. The molecule has 1 unspecified atom stereocenters. The number of aliphatic hydroxyl groups is 1. The van der Waals surface area contributed by atoms with E-state index in [4.69, 9.17) is 13.9 Å². The van der Waals surface area contributed by atoms with Crippen LogP contribution in [0.2, 0.25) is 0 Å². The summed E-state index contributed by atoms with van der Waals surface area (Å²) in [6, 6.07) is 6.53. The molecule has 7 heteroatoms. The normalized spacial score (nSPS) is 13.6. The van der Waals surface area contributed by atoms with Gasteiger partial charge >= 0.3 is 5.63 Å². The number of benzene rings is 1. The lowest BCUT2D eigenvalue weighted by atomic mass is 10.1. The molecule has 2 rings (SSSR count). The van der Waals surface area contributed by atoms with E-state index in [1.807, 2.05) is 0 Å². The molecule has 1 aromatic carbocycles. The van der Waals surface area contributed by atoms with Crippen LogP contribution in [0.4, 0.5) is 0 Å². The molecule has 0 radical (unpaired) electrons. The average molecular weight is 321 g/mol. The quantitative estimate of drug-likeness (QED) is 0.768. The third kappa shape index (κ3) is 3.88. The Bertz CT molecular complexity index is 765. The second-order valence-corrected chi connectivity index (χ2v) is 5.44. The van der Waals surface area contributed by atoms with Gasteiger partial charge in [-0.15, -0.1) is 0 Å². The van der Waals surface area contributed by atoms with Gasteiger partial charge in [0.15, 0.2) is 11.3 Å². The molecule has 1 atom stereocenters. The van der Waals surface area contributed by atoms with Crippen molar-refractivity contribution in [2.75, 3.05) is 27.4 Å².